The van der Waals surface area contributed by atoms with Crippen LogP contribution in [-0.4, -0.2) is 56.9 Å². The minimum Gasteiger partial charge on any atom is -0.492 e. The Balaban J connectivity index is 1.41. The number of nitrogens with one attached hydrogen (secondary N) is 1. The Morgan fingerprint density at radius 2 is 1.82 bits per heavy atom. The van der Waals surface area contributed by atoms with E-state index >= 15 is 0 Å². The Kier molecular flexibility index (Phi) is 7.00. The molecule has 2 aromatic rings. The van der Waals surface area contributed by atoms with Gasteiger partial charge in [-0.25, -0.2) is 4.79 Å². The summed E-state index contributed by atoms with van der Waals surface area (Å²) in [4.78, 5) is 16.5. The van der Waals surface area contributed by atoms with E-state index in [1.54, 1.807) is 0 Å². The molecule has 0 aromatic heterocycles. The molecule has 2 amide bonds. The van der Waals surface area contributed by atoms with Crippen LogP contribution in [0, 0.1) is 6.92 Å². The van der Waals surface area contributed by atoms with Gasteiger partial charge in [-0.15, -0.1) is 0 Å². The third kappa shape index (κ3) is 5.31. The lowest BCUT2D eigenvalue weighted by Gasteiger charge is -2.36. The lowest BCUT2D eigenvalue weighted by atomic mass is 10.2. The van der Waals surface area contributed by atoms with Crippen molar-refractivity contribution in [2.24, 2.45) is 0 Å². The first kappa shape index (κ1) is 19.9. The molecule has 0 atom stereocenters. The molecule has 28 heavy (non-hydrogen) atoms. The topological polar surface area (TPSA) is 54.0 Å². The van der Waals surface area contributed by atoms with Gasteiger partial charge in [0.25, 0.3) is 0 Å². The first-order valence-corrected chi connectivity index (χ1v) is 9.86. The van der Waals surface area contributed by atoms with Gasteiger partial charge in [-0.3, -0.25) is 0 Å². The zero-order valence-electron chi connectivity index (χ0n) is 16.7. The Labute approximate surface area is 167 Å². The first-order chi connectivity index (χ1) is 13.7. The zero-order chi connectivity index (χ0) is 19.8. The van der Waals surface area contributed by atoms with E-state index in [-0.39, 0.29) is 6.03 Å². The van der Waals surface area contributed by atoms with Crippen molar-refractivity contribution >= 4 is 11.7 Å². The van der Waals surface area contributed by atoms with E-state index in [1.807, 2.05) is 61.2 Å². The van der Waals surface area contributed by atoms with E-state index in [0.717, 1.165) is 35.8 Å². The highest BCUT2D eigenvalue weighted by atomic mass is 16.5. The van der Waals surface area contributed by atoms with Crippen LogP contribution < -0.4 is 19.7 Å². The molecule has 0 saturated carbocycles. The van der Waals surface area contributed by atoms with Gasteiger partial charge < -0.3 is 24.6 Å². The van der Waals surface area contributed by atoms with Crippen molar-refractivity contribution in [2.45, 2.75) is 13.8 Å². The standard InChI is InChI=1S/C22H29N3O3/c1-3-27-21-10-5-4-9-20(21)24-12-14-25(15-13-24)22(26)23-11-16-28-19-8-6-7-18(2)17-19/h4-10,17H,3,11-16H2,1-2H3,(H,23,26). The van der Waals surface area contributed by atoms with Gasteiger partial charge in [0.1, 0.15) is 18.1 Å². The fourth-order valence-electron chi connectivity index (χ4n) is 3.29. The molecular formula is C22H29N3O3. The molecule has 0 aliphatic carbocycles. The van der Waals surface area contributed by atoms with Crippen LogP contribution in [0.4, 0.5) is 10.5 Å². The molecule has 1 aliphatic rings. The van der Waals surface area contributed by atoms with Gasteiger partial charge in [0.2, 0.25) is 0 Å². The molecule has 0 spiro atoms. The SMILES string of the molecule is CCOc1ccccc1N1CCN(C(=O)NCCOc2cccc(C)c2)CC1. The number of amides is 2. The van der Waals surface area contributed by atoms with Gasteiger partial charge in [-0.2, -0.15) is 0 Å². The fraction of sp³-hybridized carbons (Fsp3) is 0.409. The number of anilines is 1. The van der Waals surface area contributed by atoms with Crippen molar-refractivity contribution in [3.05, 3.63) is 54.1 Å². The first-order valence-electron chi connectivity index (χ1n) is 9.86. The number of hydrogen-bond donors (Lipinski definition) is 1. The van der Waals surface area contributed by atoms with Crippen molar-refractivity contribution in [1.29, 1.82) is 0 Å². The third-order valence-corrected chi connectivity index (χ3v) is 4.71. The number of urea groups is 1. The van der Waals surface area contributed by atoms with Crippen LogP contribution in [0.2, 0.25) is 0 Å². The van der Waals surface area contributed by atoms with Crippen LogP contribution in [-0.2, 0) is 0 Å². The maximum atomic E-state index is 12.4. The fourth-order valence-corrected chi connectivity index (χ4v) is 3.29. The number of nitrogens with zero attached hydrogens (tertiary/aromatic N) is 2. The summed E-state index contributed by atoms with van der Waals surface area (Å²) in [6.45, 7) is 8.55. The highest BCUT2D eigenvalue weighted by Gasteiger charge is 2.22. The average Bonchev–Trinajstić information content (AvgIpc) is 2.72. The van der Waals surface area contributed by atoms with Gasteiger partial charge in [0.05, 0.1) is 18.8 Å². The lowest BCUT2D eigenvalue weighted by molar-refractivity contribution is 0.191. The highest BCUT2D eigenvalue weighted by molar-refractivity contribution is 5.74. The van der Waals surface area contributed by atoms with E-state index in [1.165, 1.54) is 0 Å². The Morgan fingerprint density at radius 3 is 2.57 bits per heavy atom. The molecule has 0 unspecified atom stereocenters. The lowest BCUT2D eigenvalue weighted by Crippen LogP contribution is -2.52. The van der Waals surface area contributed by atoms with E-state index in [4.69, 9.17) is 9.47 Å². The van der Waals surface area contributed by atoms with Gasteiger partial charge in [-0.05, 0) is 43.7 Å². The molecule has 1 heterocycles. The number of hydrogen-bond acceptors (Lipinski definition) is 4. The predicted octanol–water partition coefficient (Wildman–Crippen LogP) is 3.30. The normalized spacial score (nSPS) is 13.9. The van der Waals surface area contributed by atoms with Crippen LogP contribution in [0.15, 0.2) is 48.5 Å². The monoisotopic (exact) mass is 383 g/mol. The zero-order valence-corrected chi connectivity index (χ0v) is 16.7. The van der Waals surface area contributed by atoms with Crippen molar-refractivity contribution in [1.82, 2.24) is 10.2 Å². The van der Waals surface area contributed by atoms with Crippen LogP contribution >= 0.6 is 0 Å². The van der Waals surface area contributed by atoms with Crippen LogP contribution in [0.1, 0.15) is 12.5 Å². The summed E-state index contributed by atoms with van der Waals surface area (Å²) in [5.74, 6) is 1.73. The second-order valence-corrected chi connectivity index (χ2v) is 6.77. The summed E-state index contributed by atoms with van der Waals surface area (Å²) in [5, 5.41) is 2.94. The number of aryl methyl sites for hydroxylation is 1. The van der Waals surface area contributed by atoms with Crippen LogP contribution in [0.25, 0.3) is 0 Å². The molecule has 1 fully saturated rings. The van der Waals surface area contributed by atoms with Gasteiger partial charge >= 0.3 is 6.03 Å². The van der Waals surface area contributed by atoms with Crippen LogP contribution in [0.5, 0.6) is 11.5 Å². The predicted molar refractivity (Wildman–Crippen MR) is 111 cm³/mol. The molecule has 6 nitrogen and oxygen atoms in total. The summed E-state index contributed by atoms with van der Waals surface area (Å²) in [6.07, 6.45) is 0. The molecule has 6 heteroatoms. The van der Waals surface area contributed by atoms with Gasteiger partial charge in [0, 0.05) is 26.2 Å². The number of carbonyl (C=O) groups is 1. The Morgan fingerprint density at radius 1 is 1.04 bits per heavy atom. The maximum absolute atomic E-state index is 12.4. The molecule has 3 rings (SSSR count). The van der Waals surface area contributed by atoms with Crippen LogP contribution in [0.3, 0.4) is 0 Å². The van der Waals surface area contributed by atoms with E-state index in [2.05, 4.69) is 16.3 Å². The molecule has 1 saturated heterocycles. The largest absolute Gasteiger partial charge is 0.492 e. The van der Waals surface area contributed by atoms with E-state index in [0.29, 0.717) is 32.8 Å². The summed E-state index contributed by atoms with van der Waals surface area (Å²) < 4.78 is 11.4. The Hall–Kier alpha value is -2.89. The molecule has 2 aromatic carbocycles. The summed E-state index contributed by atoms with van der Waals surface area (Å²) in [5.41, 5.74) is 2.25. The molecule has 1 N–H and O–H groups in total. The van der Waals surface area contributed by atoms with Crippen molar-refractivity contribution in [3.8, 4) is 11.5 Å². The molecule has 150 valence electrons. The van der Waals surface area contributed by atoms with E-state index in [9.17, 15) is 4.79 Å². The number of rotatable bonds is 7. The average molecular weight is 383 g/mol. The second-order valence-electron chi connectivity index (χ2n) is 6.77. The van der Waals surface area contributed by atoms with Gasteiger partial charge in [0.15, 0.2) is 0 Å². The number of carbonyl (C=O) groups excluding carboxylic acids is 1. The molecule has 0 bridgehead atoms. The quantitative estimate of drug-likeness (QED) is 0.746. The van der Waals surface area contributed by atoms with E-state index < -0.39 is 0 Å². The summed E-state index contributed by atoms with van der Waals surface area (Å²) in [7, 11) is 0. The minimum absolute atomic E-state index is 0.0365. The van der Waals surface area contributed by atoms with Gasteiger partial charge in [-0.1, -0.05) is 24.3 Å². The smallest absolute Gasteiger partial charge is 0.317 e. The van der Waals surface area contributed by atoms with Crippen molar-refractivity contribution < 1.29 is 14.3 Å². The molecular weight excluding hydrogens is 354 g/mol. The molecule has 0 radical (unpaired) electrons. The number of benzene rings is 2. The number of para-hydroxylation sites is 2. The highest BCUT2D eigenvalue weighted by Crippen LogP contribution is 2.28. The second kappa shape index (κ2) is 9.88. The molecule has 1 aliphatic heterocycles. The number of ether oxygens (including phenoxy) is 2. The maximum Gasteiger partial charge on any atom is 0.317 e. The summed E-state index contributed by atoms with van der Waals surface area (Å²) in [6, 6.07) is 15.9. The number of piperazine rings is 1. The van der Waals surface area contributed by atoms with Crippen molar-refractivity contribution in [3.63, 3.8) is 0 Å². The minimum atomic E-state index is -0.0365. The third-order valence-electron chi connectivity index (χ3n) is 4.71. The summed E-state index contributed by atoms with van der Waals surface area (Å²) >= 11 is 0. The van der Waals surface area contributed by atoms with Crippen molar-refractivity contribution in [2.75, 3.05) is 50.8 Å². The Bertz CT molecular complexity index is 773.